The molecular formula is C18H24N2O4. The monoisotopic (exact) mass is 332 g/mol. The molecule has 1 N–H and O–H groups in total. The number of rotatable bonds is 6. The molecule has 0 aromatic heterocycles. The lowest BCUT2D eigenvalue weighted by atomic mass is 10.1. The number of nitrogens with one attached hydrogen (secondary N) is 1. The second kappa shape index (κ2) is 7.32. The van der Waals surface area contributed by atoms with Crippen molar-refractivity contribution in [1.82, 2.24) is 10.2 Å². The van der Waals surface area contributed by atoms with Crippen LogP contribution in [0.4, 0.5) is 0 Å². The predicted molar refractivity (Wildman–Crippen MR) is 87.9 cm³/mol. The molecule has 0 saturated carbocycles. The summed E-state index contributed by atoms with van der Waals surface area (Å²) in [4.78, 5) is 26.6. The van der Waals surface area contributed by atoms with Crippen molar-refractivity contribution < 1.29 is 19.1 Å². The fourth-order valence-corrected chi connectivity index (χ4v) is 2.96. The summed E-state index contributed by atoms with van der Waals surface area (Å²) in [6.45, 7) is 5.62. The SMILES string of the molecule is CC(C)CCNC(=O)[C@@H]1O[C@@H]2CN(Cc3ccccc3)C(=O)[C@H]1O2. The first kappa shape index (κ1) is 16.9. The Hall–Kier alpha value is -1.92. The molecule has 2 aliphatic heterocycles. The molecule has 1 aromatic carbocycles. The summed E-state index contributed by atoms with van der Waals surface area (Å²) in [6.07, 6.45) is -1.33. The fraction of sp³-hybridized carbons (Fsp3) is 0.556. The number of hydrogen-bond donors (Lipinski definition) is 1. The van der Waals surface area contributed by atoms with Gasteiger partial charge >= 0.3 is 0 Å². The molecule has 2 bridgehead atoms. The molecule has 2 amide bonds. The van der Waals surface area contributed by atoms with Gasteiger partial charge in [-0.3, -0.25) is 9.59 Å². The highest BCUT2D eigenvalue weighted by molar-refractivity contribution is 5.92. The lowest BCUT2D eigenvalue weighted by molar-refractivity contribution is -0.162. The molecule has 3 atom stereocenters. The number of carbonyl (C=O) groups excluding carboxylic acids is 2. The van der Waals surface area contributed by atoms with E-state index >= 15 is 0 Å². The van der Waals surface area contributed by atoms with Gasteiger partial charge in [-0.1, -0.05) is 44.2 Å². The number of nitrogens with zero attached hydrogens (tertiary/aromatic N) is 1. The molecule has 130 valence electrons. The first-order chi connectivity index (χ1) is 11.5. The zero-order valence-corrected chi connectivity index (χ0v) is 14.1. The van der Waals surface area contributed by atoms with Gasteiger partial charge in [0.2, 0.25) is 0 Å². The average Bonchev–Trinajstić information content (AvgIpc) is 2.92. The van der Waals surface area contributed by atoms with E-state index in [-0.39, 0.29) is 11.8 Å². The second-order valence-electron chi connectivity index (χ2n) is 6.72. The number of morpholine rings is 1. The van der Waals surface area contributed by atoms with Gasteiger partial charge in [0.15, 0.2) is 18.5 Å². The standard InChI is InChI=1S/C18H24N2O4/c1-12(2)8-9-19-17(21)15-16-18(22)20(11-14(23-15)24-16)10-13-6-4-3-5-7-13/h3-7,12,14-16H,8-11H2,1-2H3,(H,19,21)/t14-,15+,16-/m0/s1. The Balaban J connectivity index is 1.60. The topological polar surface area (TPSA) is 67.9 Å². The molecule has 0 unspecified atom stereocenters. The van der Waals surface area contributed by atoms with Crippen LogP contribution >= 0.6 is 0 Å². The lowest BCUT2D eigenvalue weighted by Crippen LogP contribution is -2.51. The minimum Gasteiger partial charge on any atom is -0.354 e. The number of ether oxygens (including phenoxy) is 2. The number of fused-ring (bicyclic) bond motifs is 2. The van der Waals surface area contributed by atoms with Crippen molar-refractivity contribution in [2.75, 3.05) is 13.1 Å². The summed E-state index contributed by atoms with van der Waals surface area (Å²) in [5, 5.41) is 2.84. The van der Waals surface area contributed by atoms with Gasteiger partial charge in [-0.2, -0.15) is 0 Å². The second-order valence-corrected chi connectivity index (χ2v) is 6.72. The first-order valence-electron chi connectivity index (χ1n) is 8.46. The van der Waals surface area contributed by atoms with Crippen molar-refractivity contribution in [1.29, 1.82) is 0 Å². The molecule has 6 heteroatoms. The average molecular weight is 332 g/mol. The van der Waals surface area contributed by atoms with Crippen molar-refractivity contribution in [3.05, 3.63) is 35.9 Å². The van der Waals surface area contributed by atoms with Crippen LogP contribution in [0.2, 0.25) is 0 Å². The largest absolute Gasteiger partial charge is 0.354 e. The van der Waals surface area contributed by atoms with Gasteiger partial charge in [-0.05, 0) is 17.9 Å². The van der Waals surface area contributed by atoms with Crippen LogP contribution in [-0.2, 0) is 25.6 Å². The molecule has 24 heavy (non-hydrogen) atoms. The minimum atomic E-state index is -0.851. The molecule has 0 spiro atoms. The van der Waals surface area contributed by atoms with Gasteiger partial charge in [-0.15, -0.1) is 0 Å². The zero-order chi connectivity index (χ0) is 17.1. The van der Waals surface area contributed by atoms with Gasteiger partial charge in [0.25, 0.3) is 11.8 Å². The van der Waals surface area contributed by atoms with E-state index in [0.29, 0.717) is 25.6 Å². The van der Waals surface area contributed by atoms with Gasteiger partial charge in [0, 0.05) is 13.1 Å². The quantitative estimate of drug-likeness (QED) is 0.853. The van der Waals surface area contributed by atoms with Gasteiger partial charge in [0.05, 0.1) is 6.54 Å². The van der Waals surface area contributed by atoms with Crippen LogP contribution in [0.15, 0.2) is 30.3 Å². The third-order valence-corrected chi connectivity index (χ3v) is 4.29. The van der Waals surface area contributed by atoms with Crippen molar-refractivity contribution >= 4 is 11.8 Å². The molecule has 0 aliphatic carbocycles. The fourth-order valence-electron chi connectivity index (χ4n) is 2.96. The van der Waals surface area contributed by atoms with Crippen LogP contribution in [0.25, 0.3) is 0 Å². The van der Waals surface area contributed by atoms with Crippen molar-refractivity contribution in [3.8, 4) is 0 Å². The Kier molecular flexibility index (Phi) is 5.16. The molecule has 0 radical (unpaired) electrons. The maximum Gasteiger partial charge on any atom is 0.255 e. The lowest BCUT2D eigenvalue weighted by Gasteiger charge is -2.30. The van der Waals surface area contributed by atoms with Crippen LogP contribution in [0.1, 0.15) is 25.8 Å². The Morgan fingerprint density at radius 1 is 1.29 bits per heavy atom. The molecule has 2 saturated heterocycles. The van der Waals surface area contributed by atoms with Crippen molar-refractivity contribution in [2.45, 2.75) is 45.3 Å². The first-order valence-corrected chi connectivity index (χ1v) is 8.46. The van der Waals surface area contributed by atoms with Gasteiger partial charge in [0.1, 0.15) is 0 Å². The Bertz CT molecular complexity index is 590. The van der Waals surface area contributed by atoms with E-state index in [4.69, 9.17) is 9.47 Å². The summed E-state index contributed by atoms with van der Waals surface area (Å²) in [5.41, 5.74) is 1.05. The molecule has 2 heterocycles. The van der Waals surface area contributed by atoms with E-state index in [1.807, 2.05) is 30.3 Å². The molecule has 3 rings (SSSR count). The summed E-state index contributed by atoms with van der Waals surface area (Å²) in [6, 6.07) is 9.77. The molecule has 6 nitrogen and oxygen atoms in total. The maximum absolute atomic E-state index is 12.6. The van der Waals surface area contributed by atoms with Crippen LogP contribution in [0.3, 0.4) is 0 Å². The van der Waals surface area contributed by atoms with E-state index in [9.17, 15) is 9.59 Å². The van der Waals surface area contributed by atoms with Crippen molar-refractivity contribution in [2.24, 2.45) is 5.92 Å². The highest BCUT2D eigenvalue weighted by Crippen LogP contribution is 2.28. The van der Waals surface area contributed by atoms with E-state index in [2.05, 4.69) is 19.2 Å². The van der Waals surface area contributed by atoms with E-state index in [1.165, 1.54) is 0 Å². The molecule has 2 fully saturated rings. The van der Waals surface area contributed by atoms with E-state index in [0.717, 1.165) is 12.0 Å². The van der Waals surface area contributed by atoms with Crippen LogP contribution in [0.5, 0.6) is 0 Å². The predicted octanol–water partition coefficient (Wildman–Crippen LogP) is 1.30. The number of carbonyl (C=O) groups is 2. The van der Waals surface area contributed by atoms with Crippen LogP contribution in [0, 0.1) is 5.92 Å². The molecular weight excluding hydrogens is 308 g/mol. The van der Waals surface area contributed by atoms with E-state index in [1.54, 1.807) is 4.90 Å². The Labute approximate surface area is 142 Å². The number of hydrogen-bond acceptors (Lipinski definition) is 4. The Morgan fingerprint density at radius 3 is 2.75 bits per heavy atom. The van der Waals surface area contributed by atoms with Crippen molar-refractivity contribution in [3.63, 3.8) is 0 Å². The van der Waals surface area contributed by atoms with Crippen LogP contribution < -0.4 is 5.32 Å². The summed E-state index contributed by atoms with van der Waals surface area (Å²) in [5.74, 6) is 0.0583. The van der Waals surface area contributed by atoms with Gasteiger partial charge in [-0.25, -0.2) is 0 Å². The summed E-state index contributed by atoms with van der Waals surface area (Å²) in [7, 11) is 0. The number of benzene rings is 1. The summed E-state index contributed by atoms with van der Waals surface area (Å²) >= 11 is 0. The zero-order valence-electron chi connectivity index (χ0n) is 14.1. The highest BCUT2D eigenvalue weighted by Gasteiger charge is 2.50. The smallest absolute Gasteiger partial charge is 0.255 e. The third-order valence-electron chi connectivity index (χ3n) is 4.29. The van der Waals surface area contributed by atoms with Crippen LogP contribution in [-0.4, -0.2) is 48.3 Å². The summed E-state index contributed by atoms with van der Waals surface area (Å²) < 4.78 is 11.2. The normalized spacial score (nSPS) is 26.0. The van der Waals surface area contributed by atoms with E-state index < -0.39 is 18.5 Å². The Morgan fingerprint density at radius 2 is 2.04 bits per heavy atom. The molecule has 2 aliphatic rings. The minimum absolute atomic E-state index is 0.184. The molecule has 1 aromatic rings. The third kappa shape index (κ3) is 3.76. The maximum atomic E-state index is 12.6. The number of amides is 2. The van der Waals surface area contributed by atoms with Gasteiger partial charge < -0.3 is 19.7 Å². The highest BCUT2D eigenvalue weighted by atomic mass is 16.7.